The zero-order valence-electron chi connectivity index (χ0n) is 11.4. The Morgan fingerprint density at radius 3 is 3.00 bits per heavy atom. The highest BCUT2D eigenvalue weighted by atomic mass is 16.5. The van der Waals surface area contributed by atoms with Gasteiger partial charge in [0, 0.05) is 25.2 Å². The first-order valence-electron chi connectivity index (χ1n) is 7.38. The van der Waals surface area contributed by atoms with E-state index >= 15 is 0 Å². The second-order valence-electron chi connectivity index (χ2n) is 5.70. The molecule has 2 saturated heterocycles. The first kappa shape index (κ1) is 13.3. The summed E-state index contributed by atoms with van der Waals surface area (Å²) in [4.78, 5) is 0. The monoisotopic (exact) mass is 240 g/mol. The minimum atomic E-state index is 0.499. The third kappa shape index (κ3) is 3.94. The van der Waals surface area contributed by atoms with Crippen LogP contribution >= 0.6 is 0 Å². The number of hydrogen-bond donors (Lipinski definition) is 2. The largest absolute Gasteiger partial charge is 0.378 e. The van der Waals surface area contributed by atoms with Crippen LogP contribution in [0.5, 0.6) is 0 Å². The fraction of sp³-hybridized carbons (Fsp3) is 1.00. The summed E-state index contributed by atoms with van der Waals surface area (Å²) >= 11 is 0. The standard InChI is InChI=1S/C14H28N2O/c1-3-14-12(6-8-17-14)10-16-11(2)9-13-5-4-7-15-13/h11-16H,3-10H2,1-2H3. The molecule has 100 valence electrons. The Balaban J connectivity index is 1.63. The molecule has 0 aliphatic carbocycles. The van der Waals surface area contributed by atoms with Crippen LogP contribution in [0.3, 0.4) is 0 Å². The van der Waals surface area contributed by atoms with E-state index in [1.807, 2.05) is 0 Å². The van der Waals surface area contributed by atoms with Crippen molar-refractivity contribution in [1.29, 1.82) is 0 Å². The summed E-state index contributed by atoms with van der Waals surface area (Å²) in [6.45, 7) is 7.85. The lowest BCUT2D eigenvalue weighted by molar-refractivity contribution is 0.0866. The lowest BCUT2D eigenvalue weighted by Gasteiger charge is -2.22. The minimum absolute atomic E-state index is 0.499. The molecule has 3 heteroatoms. The molecule has 2 fully saturated rings. The van der Waals surface area contributed by atoms with Crippen molar-refractivity contribution in [3.05, 3.63) is 0 Å². The van der Waals surface area contributed by atoms with E-state index in [9.17, 15) is 0 Å². The average molecular weight is 240 g/mol. The Morgan fingerprint density at radius 1 is 1.41 bits per heavy atom. The molecule has 0 aromatic rings. The van der Waals surface area contributed by atoms with E-state index in [4.69, 9.17) is 4.74 Å². The van der Waals surface area contributed by atoms with E-state index < -0.39 is 0 Å². The maximum absolute atomic E-state index is 5.73. The Bertz CT molecular complexity index is 216. The Hall–Kier alpha value is -0.120. The van der Waals surface area contributed by atoms with Gasteiger partial charge in [0.25, 0.3) is 0 Å². The van der Waals surface area contributed by atoms with Crippen LogP contribution in [0.4, 0.5) is 0 Å². The smallest absolute Gasteiger partial charge is 0.0613 e. The fourth-order valence-electron chi connectivity index (χ4n) is 3.20. The summed E-state index contributed by atoms with van der Waals surface area (Å²) in [7, 11) is 0. The van der Waals surface area contributed by atoms with Gasteiger partial charge in [-0.15, -0.1) is 0 Å². The van der Waals surface area contributed by atoms with E-state index in [2.05, 4.69) is 24.5 Å². The predicted molar refractivity (Wildman–Crippen MR) is 71.2 cm³/mol. The highest BCUT2D eigenvalue weighted by Gasteiger charge is 2.27. The number of hydrogen-bond acceptors (Lipinski definition) is 3. The SMILES string of the molecule is CCC1OCCC1CNC(C)CC1CCCN1. The topological polar surface area (TPSA) is 33.3 Å². The summed E-state index contributed by atoms with van der Waals surface area (Å²) in [6.07, 6.45) is 6.87. The lowest BCUT2D eigenvalue weighted by atomic mass is 9.98. The molecule has 2 N–H and O–H groups in total. The third-order valence-electron chi connectivity index (χ3n) is 4.28. The molecular weight excluding hydrogens is 212 g/mol. The molecule has 2 heterocycles. The first-order chi connectivity index (χ1) is 8.29. The molecule has 0 spiro atoms. The molecule has 2 rings (SSSR count). The quantitative estimate of drug-likeness (QED) is 0.744. The molecule has 17 heavy (non-hydrogen) atoms. The van der Waals surface area contributed by atoms with Crippen LogP contribution in [0.25, 0.3) is 0 Å². The molecule has 3 nitrogen and oxygen atoms in total. The molecule has 0 aromatic carbocycles. The van der Waals surface area contributed by atoms with E-state index in [0.29, 0.717) is 12.1 Å². The highest BCUT2D eigenvalue weighted by molar-refractivity contribution is 4.81. The number of nitrogens with one attached hydrogen (secondary N) is 2. The van der Waals surface area contributed by atoms with Gasteiger partial charge < -0.3 is 15.4 Å². The van der Waals surface area contributed by atoms with Gasteiger partial charge in [0.15, 0.2) is 0 Å². The predicted octanol–water partition coefficient (Wildman–Crippen LogP) is 1.92. The van der Waals surface area contributed by atoms with Gasteiger partial charge in [-0.05, 0) is 51.5 Å². The summed E-state index contributed by atoms with van der Waals surface area (Å²) in [5.41, 5.74) is 0. The molecule has 2 aliphatic heterocycles. The van der Waals surface area contributed by atoms with Gasteiger partial charge in [0.05, 0.1) is 6.10 Å². The van der Waals surface area contributed by atoms with Crippen LogP contribution in [0.1, 0.15) is 46.0 Å². The third-order valence-corrected chi connectivity index (χ3v) is 4.28. The Labute approximate surface area is 106 Å². The van der Waals surface area contributed by atoms with Crippen LogP contribution in [-0.4, -0.2) is 37.9 Å². The van der Waals surface area contributed by atoms with Crippen molar-refractivity contribution in [2.45, 2.75) is 64.1 Å². The van der Waals surface area contributed by atoms with Gasteiger partial charge in [-0.25, -0.2) is 0 Å². The van der Waals surface area contributed by atoms with Crippen LogP contribution in [0, 0.1) is 5.92 Å². The molecule has 0 radical (unpaired) electrons. The van der Waals surface area contributed by atoms with Crippen molar-refractivity contribution >= 4 is 0 Å². The first-order valence-corrected chi connectivity index (χ1v) is 7.38. The van der Waals surface area contributed by atoms with E-state index in [0.717, 1.165) is 31.5 Å². The summed E-state index contributed by atoms with van der Waals surface area (Å²) in [5, 5.41) is 7.27. The van der Waals surface area contributed by atoms with Gasteiger partial charge in [0.1, 0.15) is 0 Å². The van der Waals surface area contributed by atoms with Gasteiger partial charge in [-0.2, -0.15) is 0 Å². The molecule has 0 saturated carbocycles. The Morgan fingerprint density at radius 2 is 2.29 bits per heavy atom. The molecule has 0 aromatic heterocycles. The van der Waals surface area contributed by atoms with Crippen LogP contribution < -0.4 is 10.6 Å². The van der Waals surface area contributed by atoms with E-state index in [1.54, 1.807) is 0 Å². The van der Waals surface area contributed by atoms with Crippen molar-refractivity contribution in [3.8, 4) is 0 Å². The molecular formula is C14H28N2O. The van der Waals surface area contributed by atoms with E-state index in [-0.39, 0.29) is 0 Å². The molecule has 2 aliphatic rings. The second kappa shape index (κ2) is 6.72. The molecule has 4 unspecified atom stereocenters. The fourth-order valence-corrected chi connectivity index (χ4v) is 3.20. The van der Waals surface area contributed by atoms with Crippen molar-refractivity contribution in [1.82, 2.24) is 10.6 Å². The van der Waals surface area contributed by atoms with Crippen molar-refractivity contribution < 1.29 is 4.74 Å². The Kier molecular flexibility index (Phi) is 5.26. The molecule has 4 atom stereocenters. The van der Waals surface area contributed by atoms with Gasteiger partial charge in [-0.1, -0.05) is 6.92 Å². The lowest BCUT2D eigenvalue weighted by Crippen LogP contribution is -2.38. The highest BCUT2D eigenvalue weighted by Crippen LogP contribution is 2.22. The van der Waals surface area contributed by atoms with Gasteiger partial charge >= 0.3 is 0 Å². The molecule has 0 bridgehead atoms. The minimum Gasteiger partial charge on any atom is -0.378 e. The molecule has 0 amide bonds. The van der Waals surface area contributed by atoms with Crippen molar-refractivity contribution in [2.24, 2.45) is 5.92 Å². The number of ether oxygens (including phenoxy) is 1. The summed E-state index contributed by atoms with van der Waals surface area (Å²) in [5.74, 6) is 0.735. The number of rotatable bonds is 6. The van der Waals surface area contributed by atoms with Gasteiger partial charge in [-0.3, -0.25) is 0 Å². The summed E-state index contributed by atoms with van der Waals surface area (Å²) < 4.78 is 5.73. The maximum Gasteiger partial charge on any atom is 0.0613 e. The van der Waals surface area contributed by atoms with Crippen molar-refractivity contribution in [3.63, 3.8) is 0 Å². The normalized spacial score (nSPS) is 35.3. The van der Waals surface area contributed by atoms with Crippen LogP contribution in [0.2, 0.25) is 0 Å². The van der Waals surface area contributed by atoms with Crippen molar-refractivity contribution in [2.75, 3.05) is 19.7 Å². The zero-order chi connectivity index (χ0) is 12.1. The average Bonchev–Trinajstić information content (AvgIpc) is 2.96. The maximum atomic E-state index is 5.73. The van der Waals surface area contributed by atoms with Crippen LogP contribution in [0.15, 0.2) is 0 Å². The second-order valence-corrected chi connectivity index (χ2v) is 5.70. The summed E-state index contributed by atoms with van der Waals surface area (Å²) in [6, 6.07) is 1.38. The van der Waals surface area contributed by atoms with Crippen LogP contribution in [-0.2, 0) is 4.74 Å². The zero-order valence-corrected chi connectivity index (χ0v) is 11.4. The van der Waals surface area contributed by atoms with Gasteiger partial charge in [0.2, 0.25) is 0 Å². The van der Waals surface area contributed by atoms with E-state index in [1.165, 1.54) is 32.2 Å².